The Morgan fingerprint density at radius 1 is 1.05 bits per heavy atom. The molecule has 0 fully saturated rings. The van der Waals surface area contributed by atoms with Gasteiger partial charge in [-0.3, -0.25) is 4.98 Å². The van der Waals surface area contributed by atoms with Crippen molar-refractivity contribution in [3.05, 3.63) is 29.1 Å². The summed E-state index contributed by atoms with van der Waals surface area (Å²) in [7, 11) is 2.06. The normalized spacial score (nSPS) is 12.6. The summed E-state index contributed by atoms with van der Waals surface area (Å²) in [6.07, 6.45) is 9.37. The van der Waals surface area contributed by atoms with Crippen LogP contribution in [-0.4, -0.2) is 12.0 Å². The van der Waals surface area contributed by atoms with Gasteiger partial charge in [-0.15, -0.1) is 0 Å². The molecular formula is C17H30N2. The Bertz CT molecular complexity index is 360. The zero-order valence-corrected chi connectivity index (χ0v) is 13.1. The first-order chi connectivity index (χ1) is 9.19. The van der Waals surface area contributed by atoms with Gasteiger partial charge in [0.1, 0.15) is 0 Å². The average Bonchev–Trinajstić information content (AvgIpc) is 2.39. The van der Waals surface area contributed by atoms with Crippen LogP contribution >= 0.6 is 0 Å². The third-order valence-corrected chi connectivity index (χ3v) is 3.84. The van der Waals surface area contributed by atoms with Crippen molar-refractivity contribution in [2.24, 2.45) is 0 Å². The molecule has 0 aromatic carbocycles. The number of nitrogens with one attached hydrogen (secondary N) is 1. The summed E-state index contributed by atoms with van der Waals surface area (Å²) in [6, 6.07) is 4.81. The summed E-state index contributed by atoms with van der Waals surface area (Å²) in [5, 5.41) is 3.44. The molecule has 1 N–H and O–H groups in total. The first-order valence-electron chi connectivity index (χ1n) is 7.80. The molecule has 19 heavy (non-hydrogen) atoms. The number of aromatic nitrogens is 1. The smallest absolute Gasteiger partial charge is 0.0423 e. The first-order valence-corrected chi connectivity index (χ1v) is 7.80. The van der Waals surface area contributed by atoms with Crippen LogP contribution in [0.4, 0.5) is 0 Å². The van der Waals surface area contributed by atoms with E-state index in [1.807, 2.05) is 0 Å². The van der Waals surface area contributed by atoms with Gasteiger partial charge >= 0.3 is 0 Å². The van der Waals surface area contributed by atoms with Gasteiger partial charge < -0.3 is 5.32 Å². The number of hydrogen-bond donors (Lipinski definition) is 1. The van der Waals surface area contributed by atoms with Gasteiger partial charge in [0.15, 0.2) is 0 Å². The molecule has 0 saturated heterocycles. The van der Waals surface area contributed by atoms with Crippen molar-refractivity contribution >= 4 is 0 Å². The third kappa shape index (κ3) is 5.73. The Balaban J connectivity index is 2.40. The molecule has 2 nitrogen and oxygen atoms in total. The van der Waals surface area contributed by atoms with Gasteiger partial charge in [-0.2, -0.15) is 0 Å². The van der Waals surface area contributed by atoms with E-state index in [-0.39, 0.29) is 0 Å². The fraction of sp³-hybridized carbons (Fsp3) is 0.706. The molecule has 0 aliphatic carbocycles. The Labute approximate surface area is 119 Å². The van der Waals surface area contributed by atoms with Crippen molar-refractivity contribution < 1.29 is 0 Å². The number of unbranched alkanes of at least 4 members (excludes halogenated alkanes) is 5. The fourth-order valence-electron chi connectivity index (χ4n) is 2.65. The lowest BCUT2D eigenvalue weighted by molar-refractivity contribution is 0.495. The van der Waals surface area contributed by atoms with E-state index < -0.39 is 0 Å². The number of hydrogen-bond acceptors (Lipinski definition) is 2. The number of nitrogens with zero attached hydrogens (tertiary/aromatic N) is 1. The Morgan fingerprint density at radius 3 is 2.37 bits per heavy atom. The second kappa shape index (κ2) is 9.08. The van der Waals surface area contributed by atoms with Crippen LogP contribution in [0.25, 0.3) is 0 Å². The third-order valence-electron chi connectivity index (χ3n) is 3.84. The molecule has 1 aromatic rings. The molecule has 0 bridgehead atoms. The van der Waals surface area contributed by atoms with Crippen molar-refractivity contribution in [2.75, 3.05) is 7.05 Å². The fourth-order valence-corrected chi connectivity index (χ4v) is 2.65. The zero-order chi connectivity index (χ0) is 14.1. The van der Waals surface area contributed by atoms with E-state index in [1.165, 1.54) is 56.2 Å². The lowest BCUT2D eigenvalue weighted by Crippen LogP contribution is -2.18. The van der Waals surface area contributed by atoms with Crippen LogP contribution < -0.4 is 5.32 Å². The summed E-state index contributed by atoms with van der Waals surface area (Å²) < 4.78 is 0. The Kier molecular flexibility index (Phi) is 7.73. The maximum absolute atomic E-state index is 4.57. The van der Waals surface area contributed by atoms with Crippen LogP contribution in [0.1, 0.15) is 74.9 Å². The van der Waals surface area contributed by atoms with Gasteiger partial charge in [-0.25, -0.2) is 0 Å². The molecule has 0 radical (unpaired) electrons. The molecule has 1 atom stereocenters. The lowest BCUT2D eigenvalue weighted by Gasteiger charge is -2.18. The minimum Gasteiger partial charge on any atom is -0.313 e. The first kappa shape index (κ1) is 16.2. The second-order valence-corrected chi connectivity index (χ2v) is 5.52. The van der Waals surface area contributed by atoms with Gasteiger partial charge in [0, 0.05) is 17.4 Å². The van der Waals surface area contributed by atoms with Crippen LogP contribution in [0, 0.1) is 13.8 Å². The van der Waals surface area contributed by atoms with Crippen LogP contribution in [-0.2, 0) is 0 Å². The monoisotopic (exact) mass is 262 g/mol. The molecule has 0 amide bonds. The van der Waals surface area contributed by atoms with E-state index in [2.05, 4.69) is 50.3 Å². The van der Waals surface area contributed by atoms with E-state index in [1.54, 1.807) is 0 Å². The molecule has 108 valence electrons. The van der Waals surface area contributed by atoms with Crippen molar-refractivity contribution in [2.45, 2.75) is 71.8 Å². The van der Waals surface area contributed by atoms with E-state index >= 15 is 0 Å². The summed E-state index contributed by atoms with van der Waals surface area (Å²) in [6.45, 7) is 6.44. The van der Waals surface area contributed by atoms with E-state index in [0.29, 0.717) is 6.04 Å². The molecule has 0 aliphatic rings. The van der Waals surface area contributed by atoms with Crippen molar-refractivity contribution in [3.8, 4) is 0 Å². The van der Waals surface area contributed by atoms with Gasteiger partial charge in [-0.05, 0) is 38.9 Å². The van der Waals surface area contributed by atoms with E-state index in [9.17, 15) is 0 Å². The maximum atomic E-state index is 4.57. The predicted octanol–water partition coefficient (Wildman–Crippen LogP) is 4.71. The minimum absolute atomic E-state index is 0.458. The summed E-state index contributed by atoms with van der Waals surface area (Å²) in [4.78, 5) is 4.57. The molecular weight excluding hydrogens is 232 g/mol. The number of pyridine rings is 1. The standard InChI is InChI=1S/C17H30N2/c1-5-6-7-8-9-10-11-17(18-4)16-13-12-14(2)19-15(16)3/h12-13,17-18H,5-11H2,1-4H3. The molecule has 1 heterocycles. The maximum Gasteiger partial charge on any atom is 0.0423 e. The summed E-state index contributed by atoms with van der Waals surface area (Å²) in [5.74, 6) is 0. The highest BCUT2D eigenvalue weighted by molar-refractivity contribution is 5.25. The van der Waals surface area contributed by atoms with Crippen LogP contribution in [0.3, 0.4) is 0 Å². The molecule has 1 aromatic heterocycles. The molecule has 1 rings (SSSR count). The molecule has 0 spiro atoms. The molecule has 2 heteroatoms. The average molecular weight is 262 g/mol. The van der Waals surface area contributed by atoms with Gasteiger partial charge in [0.05, 0.1) is 0 Å². The summed E-state index contributed by atoms with van der Waals surface area (Å²) in [5.41, 5.74) is 3.64. The largest absolute Gasteiger partial charge is 0.313 e. The predicted molar refractivity (Wildman–Crippen MR) is 83.5 cm³/mol. The Morgan fingerprint density at radius 2 is 1.74 bits per heavy atom. The van der Waals surface area contributed by atoms with Crippen LogP contribution in [0.5, 0.6) is 0 Å². The van der Waals surface area contributed by atoms with E-state index in [0.717, 1.165) is 5.69 Å². The van der Waals surface area contributed by atoms with Gasteiger partial charge in [0.2, 0.25) is 0 Å². The van der Waals surface area contributed by atoms with Crippen molar-refractivity contribution in [1.82, 2.24) is 10.3 Å². The Hall–Kier alpha value is -0.890. The van der Waals surface area contributed by atoms with E-state index in [4.69, 9.17) is 0 Å². The molecule has 1 unspecified atom stereocenters. The quantitative estimate of drug-likeness (QED) is 0.652. The van der Waals surface area contributed by atoms with Gasteiger partial charge in [0.25, 0.3) is 0 Å². The number of rotatable bonds is 9. The highest BCUT2D eigenvalue weighted by atomic mass is 14.9. The minimum atomic E-state index is 0.458. The SMILES string of the molecule is CCCCCCCCC(NC)c1ccc(C)nc1C. The van der Waals surface area contributed by atoms with Crippen LogP contribution in [0.2, 0.25) is 0 Å². The van der Waals surface area contributed by atoms with Crippen molar-refractivity contribution in [3.63, 3.8) is 0 Å². The molecule has 0 saturated carbocycles. The van der Waals surface area contributed by atoms with Crippen molar-refractivity contribution in [1.29, 1.82) is 0 Å². The topological polar surface area (TPSA) is 24.9 Å². The second-order valence-electron chi connectivity index (χ2n) is 5.52. The van der Waals surface area contributed by atoms with Gasteiger partial charge in [-0.1, -0.05) is 51.5 Å². The number of aryl methyl sites for hydroxylation is 2. The highest BCUT2D eigenvalue weighted by Gasteiger charge is 2.12. The zero-order valence-electron chi connectivity index (χ0n) is 13.1. The highest BCUT2D eigenvalue weighted by Crippen LogP contribution is 2.22. The molecule has 0 aliphatic heterocycles. The summed E-state index contributed by atoms with van der Waals surface area (Å²) >= 11 is 0. The van der Waals surface area contributed by atoms with Crippen LogP contribution in [0.15, 0.2) is 12.1 Å². The lowest BCUT2D eigenvalue weighted by atomic mass is 9.98.